The summed E-state index contributed by atoms with van der Waals surface area (Å²) in [6.45, 7) is 8.64. The SMILES string of the molecule is Cc1ccc(C)c(C(Cl)c2ccc(C(C)C)cc2)c1. The average molecular weight is 273 g/mol. The van der Waals surface area contributed by atoms with Gasteiger partial charge in [-0.05, 0) is 42.0 Å². The van der Waals surface area contributed by atoms with Crippen molar-refractivity contribution in [1.82, 2.24) is 0 Å². The van der Waals surface area contributed by atoms with Crippen molar-refractivity contribution in [3.63, 3.8) is 0 Å². The number of benzene rings is 2. The maximum Gasteiger partial charge on any atom is 0.0838 e. The fourth-order valence-electron chi connectivity index (χ4n) is 2.26. The molecule has 2 aromatic rings. The molecule has 0 spiro atoms. The van der Waals surface area contributed by atoms with Gasteiger partial charge in [-0.2, -0.15) is 0 Å². The fraction of sp³-hybridized carbons (Fsp3) is 0.333. The van der Waals surface area contributed by atoms with Gasteiger partial charge in [0.15, 0.2) is 0 Å². The first-order valence-electron chi connectivity index (χ1n) is 6.80. The quantitative estimate of drug-likeness (QED) is 0.624. The van der Waals surface area contributed by atoms with Crippen LogP contribution in [-0.4, -0.2) is 0 Å². The monoisotopic (exact) mass is 272 g/mol. The molecule has 0 aliphatic carbocycles. The third kappa shape index (κ3) is 3.19. The number of hydrogen-bond donors (Lipinski definition) is 0. The molecule has 1 atom stereocenters. The fourth-order valence-corrected chi connectivity index (χ4v) is 2.64. The molecule has 1 heteroatoms. The number of hydrogen-bond acceptors (Lipinski definition) is 0. The van der Waals surface area contributed by atoms with Crippen LogP contribution in [0.2, 0.25) is 0 Å². The lowest BCUT2D eigenvalue weighted by Gasteiger charge is -2.15. The van der Waals surface area contributed by atoms with E-state index in [0.717, 1.165) is 0 Å². The Kier molecular flexibility index (Phi) is 4.31. The number of alkyl halides is 1. The van der Waals surface area contributed by atoms with Gasteiger partial charge in [0, 0.05) is 0 Å². The summed E-state index contributed by atoms with van der Waals surface area (Å²) in [6, 6.07) is 15.1. The molecule has 1 unspecified atom stereocenters. The van der Waals surface area contributed by atoms with Crippen LogP contribution in [0.3, 0.4) is 0 Å². The Morgan fingerprint density at radius 3 is 2.00 bits per heavy atom. The second kappa shape index (κ2) is 5.79. The number of aryl methyl sites for hydroxylation is 2. The lowest BCUT2D eigenvalue weighted by molar-refractivity contribution is 0.865. The van der Waals surface area contributed by atoms with E-state index >= 15 is 0 Å². The third-order valence-corrected chi connectivity index (χ3v) is 4.09. The van der Waals surface area contributed by atoms with Crippen molar-refractivity contribution < 1.29 is 0 Å². The molecule has 19 heavy (non-hydrogen) atoms. The predicted octanol–water partition coefficient (Wildman–Crippen LogP) is 5.76. The van der Waals surface area contributed by atoms with Gasteiger partial charge in [0.25, 0.3) is 0 Å². The van der Waals surface area contributed by atoms with E-state index in [1.54, 1.807) is 0 Å². The lowest BCUT2D eigenvalue weighted by atomic mass is 9.96. The van der Waals surface area contributed by atoms with Crippen molar-refractivity contribution in [2.24, 2.45) is 0 Å². The summed E-state index contributed by atoms with van der Waals surface area (Å²) in [4.78, 5) is 0. The molecule has 0 aliphatic rings. The molecule has 0 radical (unpaired) electrons. The molecule has 2 rings (SSSR count). The second-order valence-electron chi connectivity index (χ2n) is 5.54. The largest absolute Gasteiger partial charge is 0.113 e. The van der Waals surface area contributed by atoms with Crippen molar-refractivity contribution in [3.8, 4) is 0 Å². The summed E-state index contributed by atoms with van der Waals surface area (Å²) in [5.41, 5.74) is 6.23. The van der Waals surface area contributed by atoms with Crippen LogP contribution in [-0.2, 0) is 0 Å². The molecular formula is C18H21Cl. The maximum atomic E-state index is 6.64. The van der Waals surface area contributed by atoms with Gasteiger partial charge in [-0.25, -0.2) is 0 Å². The zero-order valence-electron chi connectivity index (χ0n) is 12.1. The van der Waals surface area contributed by atoms with Crippen LogP contribution >= 0.6 is 11.6 Å². The highest BCUT2D eigenvalue weighted by atomic mass is 35.5. The van der Waals surface area contributed by atoms with E-state index in [4.69, 9.17) is 11.6 Å². The predicted molar refractivity (Wildman–Crippen MR) is 84.1 cm³/mol. The van der Waals surface area contributed by atoms with Crippen LogP contribution in [0.4, 0.5) is 0 Å². The van der Waals surface area contributed by atoms with Crippen molar-refractivity contribution in [2.75, 3.05) is 0 Å². The molecule has 0 saturated carbocycles. The summed E-state index contributed by atoms with van der Waals surface area (Å²) in [7, 11) is 0. The normalized spacial score (nSPS) is 12.7. The first-order valence-corrected chi connectivity index (χ1v) is 7.23. The number of halogens is 1. The molecule has 0 fully saturated rings. The van der Waals surface area contributed by atoms with Crippen molar-refractivity contribution >= 4 is 11.6 Å². The minimum Gasteiger partial charge on any atom is -0.113 e. The first-order chi connectivity index (χ1) is 8.99. The smallest absolute Gasteiger partial charge is 0.0838 e. The van der Waals surface area contributed by atoms with Crippen molar-refractivity contribution in [3.05, 3.63) is 70.3 Å². The van der Waals surface area contributed by atoms with E-state index in [2.05, 4.69) is 70.2 Å². The average Bonchev–Trinajstić information content (AvgIpc) is 2.41. The van der Waals surface area contributed by atoms with Crippen LogP contribution in [0, 0.1) is 13.8 Å². The van der Waals surface area contributed by atoms with Gasteiger partial charge in [-0.1, -0.05) is 61.9 Å². The second-order valence-corrected chi connectivity index (χ2v) is 5.98. The van der Waals surface area contributed by atoms with Crippen LogP contribution in [0.15, 0.2) is 42.5 Å². The molecule has 0 nitrogen and oxygen atoms in total. The van der Waals surface area contributed by atoms with Gasteiger partial charge in [0.1, 0.15) is 0 Å². The van der Waals surface area contributed by atoms with Gasteiger partial charge in [-0.3, -0.25) is 0 Å². The van der Waals surface area contributed by atoms with E-state index in [9.17, 15) is 0 Å². The topological polar surface area (TPSA) is 0 Å². The highest BCUT2D eigenvalue weighted by molar-refractivity contribution is 6.22. The molecule has 0 aliphatic heterocycles. The van der Waals surface area contributed by atoms with Gasteiger partial charge in [-0.15, -0.1) is 11.6 Å². The third-order valence-electron chi connectivity index (χ3n) is 3.60. The van der Waals surface area contributed by atoms with Crippen LogP contribution in [0.1, 0.15) is 53.0 Å². The maximum absolute atomic E-state index is 6.64. The molecule has 0 N–H and O–H groups in total. The summed E-state index contributed by atoms with van der Waals surface area (Å²) in [6.07, 6.45) is 0. The van der Waals surface area contributed by atoms with Crippen molar-refractivity contribution in [2.45, 2.75) is 39.0 Å². The van der Waals surface area contributed by atoms with E-state index < -0.39 is 0 Å². The highest BCUT2D eigenvalue weighted by Crippen LogP contribution is 2.32. The molecular weight excluding hydrogens is 252 g/mol. The van der Waals surface area contributed by atoms with Gasteiger partial charge >= 0.3 is 0 Å². The first kappa shape index (κ1) is 14.1. The standard InChI is InChI=1S/C18H21Cl/c1-12(2)15-7-9-16(10-8-15)18(19)17-11-13(3)5-6-14(17)4/h5-12,18H,1-4H3. The minimum atomic E-state index is -0.0684. The van der Waals surface area contributed by atoms with Crippen LogP contribution < -0.4 is 0 Å². The van der Waals surface area contributed by atoms with Crippen LogP contribution in [0.5, 0.6) is 0 Å². The lowest BCUT2D eigenvalue weighted by Crippen LogP contribution is -1.98. The zero-order valence-corrected chi connectivity index (χ0v) is 12.8. The highest BCUT2D eigenvalue weighted by Gasteiger charge is 2.13. The summed E-state index contributed by atoms with van der Waals surface area (Å²) >= 11 is 6.64. The molecule has 100 valence electrons. The van der Waals surface area contributed by atoms with Crippen LogP contribution in [0.25, 0.3) is 0 Å². The molecule has 2 aromatic carbocycles. The van der Waals surface area contributed by atoms with E-state index in [1.165, 1.54) is 27.8 Å². The minimum absolute atomic E-state index is 0.0684. The summed E-state index contributed by atoms with van der Waals surface area (Å²) in [5.74, 6) is 0.559. The summed E-state index contributed by atoms with van der Waals surface area (Å²) < 4.78 is 0. The van der Waals surface area contributed by atoms with Gasteiger partial charge in [0.05, 0.1) is 5.38 Å². The number of rotatable bonds is 3. The van der Waals surface area contributed by atoms with Gasteiger partial charge in [0.2, 0.25) is 0 Å². The van der Waals surface area contributed by atoms with Crippen molar-refractivity contribution in [1.29, 1.82) is 0 Å². The Hall–Kier alpha value is -1.27. The Morgan fingerprint density at radius 1 is 0.842 bits per heavy atom. The Bertz CT molecular complexity index is 552. The van der Waals surface area contributed by atoms with E-state index in [-0.39, 0.29) is 5.38 Å². The molecule has 0 heterocycles. The van der Waals surface area contributed by atoms with Gasteiger partial charge < -0.3 is 0 Å². The van der Waals surface area contributed by atoms with E-state index in [1.807, 2.05) is 0 Å². The Labute approximate surface area is 121 Å². The molecule has 0 amide bonds. The Balaban J connectivity index is 2.33. The molecule has 0 saturated heterocycles. The zero-order chi connectivity index (χ0) is 14.0. The summed E-state index contributed by atoms with van der Waals surface area (Å²) in [5, 5.41) is -0.0684. The van der Waals surface area contributed by atoms with E-state index in [0.29, 0.717) is 5.92 Å². The molecule has 0 aromatic heterocycles. The molecule has 0 bridgehead atoms. The Morgan fingerprint density at radius 2 is 1.42 bits per heavy atom.